The van der Waals surface area contributed by atoms with Crippen LogP contribution in [0.2, 0.25) is 0 Å². The lowest BCUT2D eigenvalue weighted by atomic mass is 9.99. The molecule has 2 aromatic rings. The number of aryl methyl sites for hydroxylation is 1. The average Bonchev–Trinajstić information content (AvgIpc) is 2.76. The molecule has 1 heterocycles. The minimum atomic E-state index is -3.90. The van der Waals surface area contributed by atoms with Crippen LogP contribution in [0.5, 0.6) is 5.75 Å². The van der Waals surface area contributed by atoms with Crippen molar-refractivity contribution in [2.24, 2.45) is 5.92 Å². The largest absolute Gasteiger partial charge is 0.486 e. The van der Waals surface area contributed by atoms with Crippen molar-refractivity contribution in [3.05, 3.63) is 53.6 Å². The Balaban J connectivity index is 2.09. The number of hydrogen-bond acceptors (Lipinski definition) is 6. The number of fused-ring (bicyclic) bond motifs is 1. The van der Waals surface area contributed by atoms with Crippen molar-refractivity contribution in [1.82, 2.24) is 9.80 Å². The minimum Gasteiger partial charge on any atom is -0.486 e. The van der Waals surface area contributed by atoms with Gasteiger partial charge >= 0.3 is 0 Å². The number of ether oxygens (including phenoxy) is 1. The van der Waals surface area contributed by atoms with Gasteiger partial charge < -0.3 is 19.6 Å². The zero-order valence-electron chi connectivity index (χ0n) is 19.8. The number of benzene rings is 2. The number of rotatable bonds is 7. The van der Waals surface area contributed by atoms with Crippen LogP contribution in [0.4, 0.5) is 5.69 Å². The normalized spacial score (nSPS) is 20.0. The van der Waals surface area contributed by atoms with E-state index in [9.17, 15) is 18.3 Å². The molecule has 0 saturated carbocycles. The van der Waals surface area contributed by atoms with Gasteiger partial charge in [0.05, 0.1) is 28.8 Å². The van der Waals surface area contributed by atoms with Crippen molar-refractivity contribution in [2.45, 2.75) is 37.8 Å². The van der Waals surface area contributed by atoms with Crippen LogP contribution in [0.15, 0.2) is 47.4 Å². The molecule has 2 N–H and O–H groups in total. The Labute approximate surface area is 196 Å². The molecule has 0 aliphatic carbocycles. The van der Waals surface area contributed by atoms with Crippen LogP contribution >= 0.6 is 0 Å². The molecule has 0 radical (unpaired) electrons. The van der Waals surface area contributed by atoms with Crippen molar-refractivity contribution in [3.63, 3.8) is 0 Å². The molecule has 0 fully saturated rings. The molecule has 180 valence electrons. The predicted octanol–water partition coefficient (Wildman–Crippen LogP) is 2.58. The van der Waals surface area contributed by atoms with E-state index in [-0.39, 0.29) is 52.5 Å². The molecule has 33 heavy (non-hydrogen) atoms. The maximum Gasteiger partial charge on any atom is 0.262 e. The fraction of sp³-hybridized carbons (Fsp3) is 0.458. The molecule has 2 aromatic carbocycles. The first kappa shape index (κ1) is 25.0. The van der Waals surface area contributed by atoms with Crippen LogP contribution in [0.3, 0.4) is 0 Å². The molecule has 9 heteroatoms. The maximum atomic E-state index is 13.4. The lowest BCUT2D eigenvalue weighted by Gasteiger charge is -2.38. The summed E-state index contributed by atoms with van der Waals surface area (Å²) in [5.74, 6) is -0.162. The van der Waals surface area contributed by atoms with Crippen molar-refractivity contribution in [2.75, 3.05) is 38.5 Å². The van der Waals surface area contributed by atoms with E-state index < -0.39 is 10.0 Å². The minimum absolute atomic E-state index is 0.0553. The van der Waals surface area contributed by atoms with E-state index in [2.05, 4.69) is 4.72 Å². The highest BCUT2D eigenvalue weighted by molar-refractivity contribution is 7.92. The first-order valence-corrected chi connectivity index (χ1v) is 12.5. The topological polar surface area (TPSA) is 99.2 Å². The number of sulfonamides is 1. The Morgan fingerprint density at radius 1 is 1.21 bits per heavy atom. The highest BCUT2D eigenvalue weighted by atomic mass is 32.2. The number of carbonyl (C=O) groups excluding carboxylic acids is 1. The van der Waals surface area contributed by atoms with Gasteiger partial charge in [0, 0.05) is 19.0 Å². The third kappa shape index (κ3) is 5.66. The molecule has 0 bridgehead atoms. The zero-order chi connectivity index (χ0) is 24.3. The number of hydrogen-bond donors (Lipinski definition) is 2. The summed E-state index contributed by atoms with van der Waals surface area (Å²) in [7, 11) is -0.0328. The molecule has 0 saturated heterocycles. The quantitative estimate of drug-likeness (QED) is 0.639. The summed E-state index contributed by atoms with van der Waals surface area (Å²) in [5.41, 5.74) is 1.41. The Morgan fingerprint density at radius 3 is 2.48 bits per heavy atom. The number of aliphatic hydroxyl groups excluding tert-OH is 1. The first-order chi connectivity index (χ1) is 15.5. The van der Waals surface area contributed by atoms with Gasteiger partial charge in [-0.25, -0.2) is 8.42 Å². The van der Waals surface area contributed by atoms with Crippen LogP contribution < -0.4 is 9.46 Å². The standard InChI is InChI=1S/C24H33N3O5S/c1-16-9-11-19(12-10-16)33(30,31)25-21-8-6-7-20-23(21)32-22(14-26(4)5)17(2)13-27(24(20)29)18(3)15-28/h6-12,17-18,22,25,28H,13-15H2,1-5H3/t17-,18-,22-/m1/s1. The van der Waals surface area contributed by atoms with Crippen LogP contribution in [-0.4, -0.2) is 75.2 Å². The van der Waals surface area contributed by atoms with Gasteiger partial charge in [0.15, 0.2) is 5.75 Å². The third-order valence-electron chi connectivity index (χ3n) is 5.81. The van der Waals surface area contributed by atoms with Gasteiger partial charge in [-0.15, -0.1) is 0 Å². The Morgan fingerprint density at radius 2 is 1.88 bits per heavy atom. The molecule has 8 nitrogen and oxygen atoms in total. The molecule has 3 atom stereocenters. The van der Waals surface area contributed by atoms with E-state index in [1.165, 1.54) is 12.1 Å². The molecule has 0 unspecified atom stereocenters. The molecular weight excluding hydrogens is 442 g/mol. The molecule has 0 spiro atoms. The number of amides is 1. The third-order valence-corrected chi connectivity index (χ3v) is 7.19. The van der Waals surface area contributed by atoms with Crippen molar-refractivity contribution >= 4 is 21.6 Å². The first-order valence-electron chi connectivity index (χ1n) is 11.0. The Kier molecular flexibility index (Phi) is 7.66. The smallest absolute Gasteiger partial charge is 0.262 e. The second-order valence-electron chi connectivity index (χ2n) is 8.99. The van der Waals surface area contributed by atoms with Gasteiger partial charge in [0.25, 0.3) is 15.9 Å². The SMILES string of the molecule is Cc1ccc(S(=O)(=O)Nc2cccc3c2O[C@H](CN(C)C)[C@H](C)CN([C@H](C)CO)C3=O)cc1. The second kappa shape index (κ2) is 10.1. The van der Waals surface area contributed by atoms with Crippen molar-refractivity contribution in [3.8, 4) is 5.75 Å². The lowest BCUT2D eigenvalue weighted by molar-refractivity contribution is 0.0366. The Hall–Kier alpha value is -2.62. The van der Waals surface area contributed by atoms with Crippen molar-refractivity contribution < 1.29 is 23.1 Å². The highest BCUT2D eigenvalue weighted by Gasteiger charge is 2.34. The zero-order valence-corrected chi connectivity index (χ0v) is 20.6. The van der Waals surface area contributed by atoms with E-state index in [1.54, 1.807) is 42.2 Å². The number of nitrogens with zero attached hydrogens (tertiary/aromatic N) is 2. The summed E-state index contributed by atoms with van der Waals surface area (Å²) in [6.45, 7) is 6.48. The van der Waals surface area contributed by atoms with Crippen LogP contribution in [-0.2, 0) is 10.0 Å². The van der Waals surface area contributed by atoms with E-state index in [0.29, 0.717) is 13.1 Å². The van der Waals surface area contributed by atoms with Gasteiger partial charge in [-0.1, -0.05) is 30.7 Å². The molecule has 1 aliphatic rings. The second-order valence-corrected chi connectivity index (χ2v) is 10.7. The van der Waals surface area contributed by atoms with Crippen LogP contribution in [0.1, 0.15) is 29.8 Å². The number of nitrogens with one attached hydrogen (secondary N) is 1. The monoisotopic (exact) mass is 475 g/mol. The van der Waals surface area contributed by atoms with Gasteiger partial charge in [0.2, 0.25) is 0 Å². The number of likely N-dealkylation sites (N-methyl/N-ethyl adjacent to an activating group) is 1. The molecular formula is C24H33N3O5S. The lowest BCUT2D eigenvalue weighted by Crippen LogP contribution is -2.49. The number of carbonyl (C=O) groups is 1. The molecule has 0 aromatic heterocycles. The summed E-state index contributed by atoms with van der Waals surface area (Å²) in [6, 6.07) is 11.0. The average molecular weight is 476 g/mol. The van der Waals surface area contributed by atoms with Gasteiger partial charge in [-0.2, -0.15) is 0 Å². The summed E-state index contributed by atoms with van der Waals surface area (Å²) in [4.78, 5) is 17.2. The summed E-state index contributed by atoms with van der Waals surface area (Å²) < 4.78 is 35.1. The molecule has 1 aliphatic heterocycles. The van der Waals surface area contributed by atoms with Crippen LogP contribution in [0, 0.1) is 12.8 Å². The maximum absolute atomic E-state index is 13.4. The molecule has 3 rings (SSSR count). The van der Waals surface area contributed by atoms with Gasteiger partial charge in [0.1, 0.15) is 6.10 Å². The fourth-order valence-electron chi connectivity index (χ4n) is 3.82. The number of aliphatic hydroxyl groups is 1. The van der Waals surface area contributed by atoms with E-state index in [1.807, 2.05) is 32.8 Å². The summed E-state index contributed by atoms with van der Waals surface area (Å²) >= 11 is 0. The predicted molar refractivity (Wildman–Crippen MR) is 128 cm³/mol. The van der Waals surface area contributed by atoms with Gasteiger partial charge in [-0.3, -0.25) is 9.52 Å². The fourth-order valence-corrected chi connectivity index (χ4v) is 4.89. The Bertz CT molecular complexity index is 1090. The summed E-state index contributed by atoms with van der Waals surface area (Å²) in [6.07, 6.45) is -0.301. The number of anilines is 1. The van der Waals surface area contributed by atoms with E-state index in [0.717, 1.165) is 5.56 Å². The van der Waals surface area contributed by atoms with Crippen LogP contribution in [0.25, 0.3) is 0 Å². The van der Waals surface area contributed by atoms with Crippen molar-refractivity contribution in [1.29, 1.82) is 0 Å². The highest BCUT2D eigenvalue weighted by Crippen LogP contribution is 2.36. The van der Waals surface area contributed by atoms with E-state index in [4.69, 9.17) is 4.74 Å². The van der Waals surface area contributed by atoms with Gasteiger partial charge in [-0.05, 0) is 52.2 Å². The summed E-state index contributed by atoms with van der Waals surface area (Å²) in [5, 5.41) is 9.74. The molecule has 1 amide bonds. The number of para-hydroxylation sites is 1. The van der Waals surface area contributed by atoms with E-state index >= 15 is 0 Å².